The highest BCUT2D eigenvalue weighted by molar-refractivity contribution is 6.01. The third-order valence-corrected chi connectivity index (χ3v) is 2.30. The Kier molecular flexibility index (Phi) is 5.94. The molecule has 0 aromatic rings. The van der Waals surface area contributed by atoms with Crippen molar-refractivity contribution in [1.82, 2.24) is 5.06 Å². The van der Waals surface area contributed by atoms with E-state index in [0.29, 0.717) is 11.5 Å². The lowest BCUT2D eigenvalue weighted by molar-refractivity contribution is -0.197. The lowest BCUT2D eigenvalue weighted by Gasteiger charge is -2.12. The monoisotopic (exact) mass is 273 g/mol. The summed E-state index contributed by atoms with van der Waals surface area (Å²) in [6.07, 6.45) is -0.118. The molecule has 1 heterocycles. The van der Waals surface area contributed by atoms with Gasteiger partial charge in [-0.05, 0) is 0 Å². The Labute approximate surface area is 109 Å². The quantitative estimate of drug-likeness (QED) is 0.371. The maximum absolute atomic E-state index is 11.3. The average molecular weight is 273 g/mol. The standard InChI is InChI=1S/C11H15NO7/c13-6-1-7-18-10(16)4-5-11(17)19-12-8(14)2-3-9(12)15/h13H,1-7H2. The van der Waals surface area contributed by atoms with Gasteiger partial charge in [-0.1, -0.05) is 0 Å². The zero-order valence-corrected chi connectivity index (χ0v) is 10.3. The Bertz CT molecular complexity index is 363. The zero-order valence-electron chi connectivity index (χ0n) is 10.3. The first-order chi connectivity index (χ1) is 9.04. The van der Waals surface area contributed by atoms with E-state index in [2.05, 4.69) is 4.84 Å². The molecule has 0 atom stereocenters. The fourth-order valence-electron chi connectivity index (χ4n) is 1.33. The van der Waals surface area contributed by atoms with E-state index in [-0.39, 0.29) is 38.9 Å². The van der Waals surface area contributed by atoms with Gasteiger partial charge in [0.25, 0.3) is 11.8 Å². The molecule has 2 amide bonds. The van der Waals surface area contributed by atoms with Crippen LogP contribution in [0.4, 0.5) is 0 Å². The van der Waals surface area contributed by atoms with Gasteiger partial charge in [-0.2, -0.15) is 0 Å². The minimum Gasteiger partial charge on any atom is -0.466 e. The highest BCUT2D eigenvalue weighted by Crippen LogP contribution is 2.12. The number of hydroxylamine groups is 2. The summed E-state index contributed by atoms with van der Waals surface area (Å²) in [7, 11) is 0. The number of carbonyl (C=O) groups is 4. The Morgan fingerprint density at radius 3 is 2.26 bits per heavy atom. The molecular formula is C11H15NO7. The fourth-order valence-corrected chi connectivity index (χ4v) is 1.33. The van der Waals surface area contributed by atoms with Gasteiger partial charge in [0.1, 0.15) is 0 Å². The minimum atomic E-state index is -0.845. The maximum Gasteiger partial charge on any atom is 0.333 e. The van der Waals surface area contributed by atoms with Gasteiger partial charge in [0.05, 0.1) is 19.4 Å². The fraction of sp³-hybridized carbons (Fsp3) is 0.636. The predicted molar refractivity (Wildman–Crippen MR) is 59.1 cm³/mol. The summed E-state index contributed by atoms with van der Waals surface area (Å²) >= 11 is 0. The molecule has 1 N–H and O–H groups in total. The van der Waals surface area contributed by atoms with Gasteiger partial charge in [0, 0.05) is 25.9 Å². The predicted octanol–water partition coefficient (Wildman–Crippen LogP) is -0.701. The third kappa shape index (κ3) is 5.04. The second-order valence-electron chi connectivity index (χ2n) is 3.84. The summed E-state index contributed by atoms with van der Waals surface area (Å²) < 4.78 is 4.69. The highest BCUT2D eigenvalue weighted by atomic mass is 16.7. The first-order valence-electron chi connectivity index (χ1n) is 5.87. The number of aliphatic hydroxyl groups excluding tert-OH is 1. The number of esters is 1. The van der Waals surface area contributed by atoms with Gasteiger partial charge in [-0.25, -0.2) is 4.79 Å². The Morgan fingerprint density at radius 1 is 1.11 bits per heavy atom. The molecule has 1 rings (SSSR count). The summed E-state index contributed by atoms with van der Waals surface area (Å²) in [5, 5.41) is 8.90. The van der Waals surface area contributed by atoms with Crippen molar-refractivity contribution in [3.63, 3.8) is 0 Å². The molecule has 0 unspecified atom stereocenters. The zero-order chi connectivity index (χ0) is 14.3. The van der Waals surface area contributed by atoms with Crippen LogP contribution in [0.25, 0.3) is 0 Å². The first kappa shape index (κ1) is 15.1. The lowest BCUT2D eigenvalue weighted by Crippen LogP contribution is -2.32. The van der Waals surface area contributed by atoms with Crippen LogP contribution in [0.2, 0.25) is 0 Å². The van der Waals surface area contributed by atoms with Gasteiger partial charge >= 0.3 is 11.9 Å². The topological polar surface area (TPSA) is 110 Å². The minimum absolute atomic E-state index is 0.0231. The van der Waals surface area contributed by atoms with E-state index < -0.39 is 23.8 Å². The van der Waals surface area contributed by atoms with Crippen LogP contribution >= 0.6 is 0 Å². The van der Waals surface area contributed by atoms with Crippen LogP contribution in [-0.4, -0.2) is 47.1 Å². The van der Waals surface area contributed by atoms with Crippen molar-refractivity contribution in [3.05, 3.63) is 0 Å². The van der Waals surface area contributed by atoms with Crippen molar-refractivity contribution in [1.29, 1.82) is 0 Å². The van der Waals surface area contributed by atoms with Gasteiger partial charge < -0.3 is 14.7 Å². The molecule has 19 heavy (non-hydrogen) atoms. The second-order valence-corrected chi connectivity index (χ2v) is 3.84. The van der Waals surface area contributed by atoms with Crippen LogP contribution in [0.3, 0.4) is 0 Å². The number of ether oxygens (including phenoxy) is 1. The Hall–Kier alpha value is -1.96. The molecular weight excluding hydrogens is 258 g/mol. The maximum atomic E-state index is 11.3. The molecule has 1 aliphatic heterocycles. The number of hydrogen-bond donors (Lipinski definition) is 1. The SMILES string of the molecule is O=C(CCC(=O)ON1C(=O)CCC1=O)OCCCO. The molecule has 8 heteroatoms. The van der Waals surface area contributed by atoms with Gasteiger partial charge in [0.15, 0.2) is 0 Å². The third-order valence-electron chi connectivity index (χ3n) is 2.30. The van der Waals surface area contributed by atoms with Crippen molar-refractivity contribution in [3.8, 4) is 0 Å². The summed E-state index contributed by atoms with van der Waals surface area (Å²) in [6, 6.07) is 0. The van der Waals surface area contributed by atoms with Gasteiger partial charge in [-0.3, -0.25) is 14.4 Å². The molecule has 0 aliphatic carbocycles. The van der Waals surface area contributed by atoms with E-state index in [1.54, 1.807) is 0 Å². The number of rotatable bonds is 7. The molecule has 0 aromatic carbocycles. The van der Waals surface area contributed by atoms with Crippen molar-refractivity contribution in [2.75, 3.05) is 13.2 Å². The number of amides is 2. The summed E-state index contributed by atoms with van der Waals surface area (Å²) in [5.41, 5.74) is 0. The summed E-state index contributed by atoms with van der Waals surface area (Å²) in [6.45, 7) is -0.0119. The summed E-state index contributed by atoms with van der Waals surface area (Å²) in [4.78, 5) is 49.3. The van der Waals surface area contributed by atoms with Crippen molar-refractivity contribution < 1.29 is 33.9 Å². The van der Waals surface area contributed by atoms with E-state index in [1.165, 1.54) is 0 Å². The number of carbonyl (C=O) groups excluding carboxylic acids is 4. The Balaban J connectivity index is 2.22. The van der Waals surface area contributed by atoms with Crippen LogP contribution in [0.1, 0.15) is 32.1 Å². The number of hydrogen-bond acceptors (Lipinski definition) is 7. The van der Waals surface area contributed by atoms with Crippen molar-refractivity contribution >= 4 is 23.8 Å². The van der Waals surface area contributed by atoms with Crippen LogP contribution in [0.15, 0.2) is 0 Å². The molecule has 0 radical (unpaired) electrons. The van der Waals surface area contributed by atoms with E-state index >= 15 is 0 Å². The number of aliphatic hydroxyl groups is 1. The molecule has 0 bridgehead atoms. The molecule has 0 aromatic heterocycles. The van der Waals surface area contributed by atoms with Crippen molar-refractivity contribution in [2.45, 2.75) is 32.1 Å². The molecule has 0 saturated carbocycles. The van der Waals surface area contributed by atoms with E-state index in [1.807, 2.05) is 0 Å². The molecule has 1 fully saturated rings. The van der Waals surface area contributed by atoms with Crippen LogP contribution in [0, 0.1) is 0 Å². The van der Waals surface area contributed by atoms with E-state index in [4.69, 9.17) is 9.84 Å². The largest absolute Gasteiger partial charge is 0.466 e. The van der Waals surface area contributed by atoms with Gasteiger partial charge in [-0.15, -0.1) is 5.06 Å². The average Bonchev–Trinajstić information content (AvgIpc) is 2.68. The highest BCUT2D eigenvalue weighted by Gasteiger charge is 2.32. The van der Waals surface area contributed by atoms with Gasteiger partial charge in [0.2, 0.25) is 0 Å². The smallest absolute Gasteiger partial charge is 0.333 e. The number of imide groups is 1. The molecule has 1 aliphatic rings. The lowest BCUT2D eigenvalue weighted by atomic mass is 10.3. The van der Waals surface area contributed by atoms with Crippen LogP contribution in [0.5, 0.6) is 0 Å². The molecule has 106 valence electrons. The van der Waals surface area contributed by atoms with E-state index in [0.717, 1.165) is 0 Å². The summed E-state index contributed by atoms with van der Waals surface area (Å²) in [5.74, 6) is -2.58. The van der Waals surface area contributed by atoms with Crippen LogP contribution < -0.4 is 0 Å². The van der Waals surface area contributed by atoms with Crippen molar-refractivity contribution in [2.24, 2.45) is 0 Å². The normalized spacial score (nSPS) is 14.7. The number of nitrogens with zero attached hydrogens (tertiary/aromatic N) is 1. The molecule has 1 saturated heterocycles. The van der Waals surface area contributed by atoms with E-state index in [9.17, 15) is 19.2 Å². The second kappa shape index (κ2) is 7.47. The molecule has 0 spiro atoms. The molecule has 8 nitrogen and oxygen atoms in total. The van der Waals surface area contributed by atoms with Crippen LogP contribution in [-0.2, 0) is 28.8 Å². The first-order valence-corrected chi connectivity index (χ1v) is 5.87. The Morgan fingerprint density at radius 2 is 1.68 bits per heavy atom.